The van der Waals surface area contributed by atoms with Gasteiger partial charge in [0.2, 0.25) is 0 Å². The van der Waals surface area contributed by atoms with E-state index in [2.05, 4.69) is 69.0 Å². The molecule has 0 radical (unpaired) electrons. The number of rotatable bonds is 8. The highest BCUT2D eigenvalue weighted by atomic mass is 32.2. The summed E-state index contributed by atoms with van der Waals surface area (Å²) in [6.45, 7) is 6.47. The van der Waals surface area contributed by atoms with Crippen LogP contribution >= 0.6 is 11.8 Å². The fraction of sp³-hybridized carbons (Fsp3) is 0.333. The zero-order chi connectivity index (χ0) is 33.8. The predicted octanol–water partition coefficient (Wildman–Crippen LogP) is 9.09. The number of thioether (sulfide) groups is 1. The molecule has 1 atom stereocenters. The van der Waals surface area contributed by atoms with Crippen LogP contribution in [0, 0.1) is 6.92 Å². The topological polar surface area (TPSA) is 84.6 Å². The molecule has 1 aliphatic carbocycles. The van der Waals surface area contributed by atoms with Crippen LogP contribution in [0.1, 0.15) is 62.6 Å². The molecule has 0 saturated carbocycles. The van der Waals surface area contributed by atoms with Gasteiger partial charge < -0.3 is 15.0 Å². The lowest BCUT2D eigenvalue weighted by Gasteiger charge is -2.37. The summed E-state index contributed by atoms with van der Waals surface area (Å²) in [5.74, 6) is 1.08. The third kappa shape index (κ3) is 7.75. The van der Waals surface area contributed by atoms with Gasteiger partial charge in [-0.2, -0.15) is 4.99 Å². The number of ether oxygens (including phenoxy) is 1. The summed E-state index contributed by atoms with van der Waals surface area (Å²) in [6, 6.07) is 19.7. The minimum Gasteiger partial charge on any atom is -0.406 e. The van der Waals surface area contributed by atoms with Crippen molar-refractivity contribution >= 4 is 34.2 Å². The molecule has 2 amide bonds. The first kappa shape index (κ1) is 33.3. The van der Waals surface area contributed by atoms with E-state index < -0.39 is 6.36 Å². The predicted molar refractivity (Wildman–Crippen MR) is 184 cm³/mol. The maximum Gasteiger partial charge on any atom is 0.573 e. The standard InChI is InChI=1S/C36H37F3N6O2S/c1-4-6-26-10-9-23(2)21-32(26)45-24(3)19-20-48-35(45)42-34(46)41-31-8-5-7-30(31)25-11-13-27(14-12-25)33-40-22-44(43-33)28-15-17-29(18-16-28)47-36(37,38)39/h9-18,21-22,24H,4-8,19-20H2,1-3H3,(H,41,46)/b42-35-. The lowest BCUT2D eigenvalue weighted by molar-refractivity contribution is -0.274. The quantitative estimate of drug-likeness (QED) is 0.201. The van der Waals surface area contributed by atoms with Crippen LogP contribution in [0.25, 0.3) is 22.6 Å². The van der Waals surface area contributed by atoms with Crippen molar-refractivity contribution in [1.29, 1.82) is 0 Å². The number of amides is 2. The molecule has 0 spiro atoms. The molecule has 1 saturated heterocycles. The van der Waals surface area contributed by atoms with Gasteiger partial charge in [-0.05, 0) is 98.5 Å². The number of benzene rings is 3. The lowest BCUT2D eigenvalue weighted by atomic mass is 10.0. The number of carbonyl (C=O) groups excluding carboxylic acids is 1. The maximum atomic E-state index is 13.4. The van der Waals surface area contributed by atoms with Crippen molar-refractivity contribution in [3.05, 3.63) is 95.4 Å². The minimum atomic E-state index is -4.75. The second-order valence-corrected chi connectivity index (χ2v) is 13.1. The molecule has 4 aromatic rings. The Balaban J connectivity index is 1.17. The Morgan fingerprint density at radius 2 is 1.81 bits per heavy atom. The number of nitrogens with one attached hydrogen (secondary N) is 1. The number of alkyl halides is 3. The molecule has 8 nitrogen and oxygen atoms in total. The Morgan fingerprint density at radius 1 is 1.06 bits per heavy atom. The lowest BCUT2D eigenvalue weighted by Crippen LogP contribution is -2.42. The Labute approximate surface area is 282 Å². The molecule has 0 bridgehead atoms. The molecular weight excluding hydrogens is 637 g/mol. The van der Waals surface area contributed by atoms with Crippen molar-refractivity contribution < 1.29 is 22.7 Å². The fourth-order valence-corrected chi connectivity index (χ4v) is 7.30. The van der Waals surface area contributed by atoms with E-state index in [-0.39, 0.29) is 17.8 Å². The van der Waals surface area contributed by atoms with Gasteiger partial charge in [0, 0.05) is 28.7 Å². The molecule has 1 N–H and O–H groups in total. The molecule has 250 valence electrons. The highest BCUT2D eigenvalue weighted by molar-refractivity contribution is 8.14. The van der Waals surface area contributed by atoms with E-state index in [0.717, 1.165) is 77.5 Å². The van der Waals surface area contributed by atoms with Crippen LogP contribution in [0.5, 0.6) is 5.75 Å². The number of halogens is 3. The molecule has 12 heteroatoms. The van der Waals surface area contributed by atoms with Crippen LogP contribution < -0.4 is 15.0 Å². The van der Waals surface area contributed by atoms with E-state index in [9.17, 15) is 18.0 Å². The molecule has 6 rings (SSSR count). The summed E-state index contributed by atoms with van der Waals surface area (Å²) in [5.41, 5.74) is 7.89. The smallest absolute Gasteiger partial charge is 0.406 e. The number of carbonyl (C=O) groups is 1. The Morgan fingerprint density at radius 3 is 2.54 bits per heavy atom. The van der Waals surface area contributed by atoms with E-state index >= 15 is 0 Å². The van der Waals surface area contributed by atoms with Crippen LogP contribution in [0.4, 0.5) is 23.7 Å². The second kappa shape index (κ2) is 14.3. The third-order valence-corrected chi connectivity index (χ3v) is 9.41. The number of allylic oxidation sites excluding steroid dienone is 2. The molecule has 48 heavy (non-hydrogen) atoms. The average molecular weight is 675 g/mol. The maximum absolute atomic E-state index is 13.4. The number of anilines is 1. The van der Waals surface area contributed by atoms with Gasteiger partial charge in [0.25, 0.3) is 0 Å². The zero-order valence-electron chi connectivity index (χ0n) is 27.1. The molecule has 2 heterocycles. The summed E-state index contributed by atoms with van der Waals surface area (Å²) in [7, 11) is 0. The van der Waals surface area contributed by atoms with Gasteiger partial charge in [0.05, 0.1) is 5.69 Å². The normalized spacial score (nSPS) is 17.7. The number of urea groups is 1. The highest BCUT2D eigenvalue weighted by Gasteiger charge is 2.31. The number of hydrogen-bond donors (Lipinski definition) is 1. The average Bonchev–Trinajstić information content (AvgIpc) is 3.72. The number of aromatic nitrogens is 3. The first-order valence-corrected chi connectivity index (χ1v) is 17.1. The highest BCUT2D eigenvalue weighted by Crippen LogP contribution is 2.35. The molecular formula is C36H37F3N6O2S. The second-order valence-electron chi connectivity index (χ2n) is 12.0. The molecule has 2 aliphatic rings. The molecule has 1 aliphatic heterocycles. The van der Waals surface area contributed by atoms with Gasteiger partial charge in [-0.3, -0.25) is 0 Å². The van der Waals surface area contributed by atoms with Crippen molar-refractivity contribution in [2.45, 2.75) is 71.7 Å². The van der Waals surface area contributed by atoms with Crippen molar-refractivity contribution in [1.82, 2.24) is 20.1 Å². The van der Waals surface area contributed by atoms with Crippen LogP contribution in [-0.2, 0) is 6.42 Å². The largest absolute Gasteiger partial charge is 0.573 e. The number of aliphatic imine (C=N–C) groups is 1. The molecule has 1 unspecified atom stereocenters. The summed E-state index contributed by atoms with van der Waals surface area (Å²) < 4.78 is 42.9. The SMILES string of the molecule is CCCc1ccc(C)cc1N1/C(=N/C(=O)NC2=C(c3ccc(-c4ncn(-c5ccc(OC(F)(F)F)cc5)n4)cc3)CCC2)SCCC1C. The van der Waals surface area contributed by atoms with Gasteiger partial charge in [-0.25, -0.2) is 14.5 Å². The molecule has 1 aromatic heterocycles. The number of aryl methyl sites for hydroxylation is 2. The van der Waals surface area contributed by atoms with Gasteiger partial charge in [0.15, 0.2) is 11.0 Å². The van der Waals surface area contributed by atoms with Gasteiger partial charge in [-0.15, -0.1) is 18.3 Å². The first-order chi connectivity index (χ1) is 23.1. The van der Waals surface area contributed by atoms with Crippen molar-refractivity contribution in [3.63, 3.8) is 0 Å². The Bertz CT molecular complexity index is 1830. The van der Waals surface area contributed by atoms with Crippen molar-refractivity contribution in [2.75, 3.05) is 10.7 Å². The Kier molecular flexibility index (Phi) is 9.91. The van der Waals surface area contributed by atoms with E-state index in [1.807, 2.05) is 24.3 Å². The third-order valence-electron chi connectivity index (χ3n) is 8.42. The molecule has 3 aromatic carbocycles. The minimum absolute atomic E-state index is 0.231. The first-order valence-electron chi connectivity index (χ1n) is 16.1. The van der Waals surface area contributed by atoms with Crippen LogP contribution in [-0.4, -0.2) is 44.1 Å². The van der Waals surface area contributed by atoms with E-state index in [0.29, 0.717) is 11.5 Å². The summed E-state index contributed by atoms with van der Waals surface area (Å²) in [6.07, 6.45) is 2.31. The van der Waals surface area contributed by atoms with Crippen molar-refractivity contribution in [2.24, 2.45) is 4.99 Å². The van der Waals surface area contributed by atoms with E-state index in [1.54, 1.807) is 11.8 Å². The monoisotopic (exact) mass is 674 g/mol. The Hall–Kier alpha value is -4.58. The zero-order valence-corrected chi connectivity index (χ0v) is 27.9. The number of amidine groups is 1. The van der Waals surface area contributed by atoms with Gasteiger partial charge in [-0.1, -0.05) is 61.5 Å². The summed E-state index contributed by atoms with van der Waals surface area (Å²) in [5, 5.41) is 8.34. The fourth-order valence-electron chi connectivity index (χ4n) is 6.10. The number of hydrogen-bond acceptors (Lipinski definition) is 5. The van der Waals surface area contributed by atoms with Crippen LogP contribution in [0.15, 0.2) is 83.7 Å². The van der Waals surface area contributed by atoms with Gasteiger partial charge in [0.1, 0.15) is 12.1 Å². The summed E-state index contributed by atoms with van der Waals surface area (Å²) in [4.78, 5) is 24.6. The van der Waals surface area contributed by atoms with E-state index in [1.165, 1.54) is 46.4 Å². The van der Waals surface area contributed by atoms with Crippen LogP contribution in [0.2, 0.25) is 0 Å². The summed E-state index contributed by atoms with van der Waals surface area (Å²) >= 11 is 1.63. The molecule has 1 fully saturated rings. The van der Waals surface area contributed by atoms with Gasteiger partial charge >= 0.3 is 12.4 Å². The van der Waals surface area contributed by atoms with Crippen molar-refractivity contribution in [3.8, 4) is 22.8 Å². The van der Waals surface area contributed by atoms with Crippen LogP contribution in [0.3, 0.4) is 0 Å². The number of nitrogens with zero attached hydrogens (tertiary/aromatic N) is 5. The van der Waals surface area contributed by atoms with E-state index in [4.69, 9.17) is 0 Å².